The van der Waals surface area contributed by atoms with Gasteiger partial charge in [-0.3, -0.25) is 14.6 Å². The molecule has 9 heteroatoms. The molecule has 0 spiro atoms. The summed E-state index contributed by atoms with van der Waals surface area (Å²) in [6.45, 7) is 0. The fourth-order valence-corrected chi connectivity index (χ4v) is 3.16. The first kappa shape index (κ1) is 19.7. The number of nitrogens with zero attached hydrogens (tertiary/aromatic N) is 1. The number of carbonyl (C=O) groups excluding carboxylic acids is 2. The minimum absolute atomic E-state index is 0.330. The first-order valence-corrected chi connectivity index (χ1v) is 9.43. The lowest BCUT2D eigenvalue weighted by Gasteiger charge is -2.18. The zero-order chi connectivity index (χ0) is 19.9. The number of thiazole rings is 1. The number of nitrogens with one attached hydrogen (secondary N) is 2. The van der Waals surface area contributed by atoms with E-state index in [-0.39, 0.29) is 6.32 Å². The fourth-order valence-electron chi connectivity index (χ4n) is 2.64. The van der Waals surface area contributed by atoms with Crippen LogP contribution in [0.25, 0.3) is 11.1 Å². The summed E-state index contributed by atoms with van der Waals surface area (Å²) in [5, 5.41) is 23.8. The summed E-state index contributed by atoms with van der Waals surface area (Å²) in [7, 11) is -1.74. The topological polar surface area (TPSA) is 112 Å². The quantitative estimate of drug-likeness (QED) is 0.458. The number of carbonyl (C=O) groups is 2. The molecule has 142 valence electrons. The summed E-state index contributed by atoms with van der Waals surface area (Å²) in [4.78, 5) is 29.0. The van der Waals surface area contributed by atoms with Crippen LogP contribution in [0.4, 0.5) is 5.69 Å². The van der Waals surface area contributed by atoms with Gasteiger partial charge in [0.1, 0.15) is 10.9 Å². The van der Waals surface area contributed by atoms with Crippen LogP contribution < -0.4 is 10.6 Å². The Balaban J connectivity index is 1.73. The smallest absolute Gasteiger partial charge is 0.427 e. The van der Waals surface area contributed by atoms with E-state index in [0.29, 0.717) is 10.6 Å². The molecule has 2 amide bonds. The molecular weight excluding hydrogens is 377 g/mol. The number of amides is 2. The Labute approximate surface area is 166 Å². The molecule has 0 fully saturated rings. The molecule has 7 nitrogen and oxygen atoms in total. The number of benzene rings is 2. The van der Waals surface area contributed by atoms with Crippen LogP contribution in [0, 0.1) is 0 Å². The maximum absolute atomic E-state index is 12.6. The van der Waals surface area contributed by atoms with E-state index in [1.165, 1.54) is 11.7 Å². The van der Waals surface area contributed by atoms with Gasteiger partial charge in [0.25, 0.3) is 5.91 Å². The maximum atomic E-state index is 12.6. The average Bonchev–Trinajstić information content (AvgIpc) is 3.23. The molecule has 0 aliphatic rings. The van der Waals surface area contributed by atoms with Crippen LogP contribution in [-0.4, -0.2) is 40.0 Å². The summed E-state index contributed by atoms with van der Waals surface area (Å²) < 4.78 is 0. The van der Waals surface area contributed by atoms with Gasteiger partial charge in [0, 0.05) is 12.0 Å². The zero-order valence-corrected chi connectivity index (χ0v) is 15.6. The van der Waals surface area contributed by atoms with Gasteiger partial charge >= 0.3 is 7.12 Å². The largest absolute Gasteiger partial charge is 0.454 e. The molecule has 3 rings (SSSR count). The lowest BCUT2D eigenvalue weighted by Crippen LogP contribution is -2.45. The van der Waals surface area contributed by atoms with E-state index in [0.717, 1.165) is 22.5 Å². The average molecular weight is 395 g/mol. The molecule has 0 radical (unpaired) electrons. The first-order chi connectivity index (χ1) is 13.5. The third kappa shape index (κ3) is 5.26. The summed E-state index contributed by atoms with van der Waals surface area (Å²) in [5.74, 6) is -1.04. The molecule has 3 aromatic rings. The van der Waals surface area contributed by atoms with Crippen LogP contribution in [0.15, 0.2) is 66.3 Å². The monoisotopic (exact) mass is 395 g/mol. The van der Waals surface area contributed by atoms with Gasteiger partial charge in [-0.15, -0.1) is 11.3 Å². The molecule has 0 saturated carbocycles. The van der Waals surface area contributed by atoms with Gasteiger partial charge in [0.2, 0.25) is 5.91 Å². The van der Waals surface area contributed by atoms with Crippen molar-refractivity contribution in [3.05, 3.63) is 71.2 Å². The van der Waals surface area contributed by atoms with Crippen molar-refractivity contribution in [3.8, 4) is 11.1 Å². The first-order valence-electron chi connectivity index (χ1n) is 8.55. The van der Waals surface area contributed by atoms with E-state index < -0.39 is 25.0 Å². The zero-order valence-electron chi connectivity index (χ0n) is 14.8. The molecule has 1 atom stereocenters. The van der Waals surface area contributed by atoms with Gasteiger partial charge in [0.15, 0.2) is 0 Å². The Morgan fingerprint density at radius 1 is 1.07 bits per heavy atom. The predicted octanol–water partition coefficient (Wildman–Crippen LogP) is 2.02. The van der Waals surface area contributed by atoms with Crippen LogP contribution in [0.2, 0.25) is 6.32 Å². The highest BCUT2D eigenvalue weighted by Gasteiger charge is 2.27. The number of rotatable bonds is 7. The van der Waals surface area contributed by atoms with Gasteiger partial charge in [-0.2, -0.15) is 0 Å². The lowest BCUT2D eigenvalue weighted by molar-refractivity contribution is -0.117. The molecule has 0 aliphatic heterocycles. The Morgan fingerprint density at radius 2 is 1.82 bits per heavy atom. The van der Waals surface area contributed by atoms with Gasteiger partial charge in [-0.1, -0.05) is 42.5 Å². The molecule has 2 aromatic carbocycles. The molecule has 1 aromatic heterocycles. The second-order valence-electron chi connectivity index (χ2n) is 6.04. The second kappa shape index (κ2) is 9.27. The SMILES string of the molecule is O=C(NC(CB(O)O)C(=O)Nc1cccc(-c2ccccc2)c1)c1cncs1. The summed E-state index contributed by atoms with van der Waals surface area (Å²) in [6, 6.07) is 15.8. The van der Waals surface area contributed by atoms with Crippen molar-refractivity contribution in [3.63, 3.8) is 0 Å². The van der Waals surface area contributed by atoms with E-state index in [1.807, 2.05) is 48.5 Å². The van der Waals surface area contributed by atoms with E-state index in [2.05, 4.69) is 15.6 Å². The Hall–Kier alpha value is -3.01. The molecular formula is C19H18BN3O4S. The molecule has 1 heterocycles. The fraction of sp³-hybridized carbons (Fsp3) is 0.105. The Bertz CT molecular complexity index is 935. The van der Waals surface area contributed by atoms with Crippen LogP contribution in [-0.2, 0) is 4.79 Å². The highest BCUT2D eigenvalue weighted by atomic mass is 32.1. The van der Waals surface area contributed by atoms with Crippen LogP contribution in [0.3, 0.4) is 0 Å². The highest BCUT2D eigenvalue weighted by Crippen LogP contribution is 2.22. The maximum Gasteiger partial charge on any atom is 0.454 e. The molecule has 28 heavy (non-hydrogen) atoms. The van der Waals surface area contributed by atoms with Crippen molar-refractivity contribution in [2.75, 3.05) is 5.32 Å². The van der Waals surface area contributed by atoms with Crippen molar-refractivity contribution in [2.45, 2.75) is 12.4 Å². The van der Waals surface area contributed by atoms with E-state index in [1.54, 1.807) is 6.07 Å². The van der Waals surface area contributed by atoms with Crippen LogP contribution in [0.1, 0.15) is 9.67 Å². The van der Waals surface area contributed by atoms with Crippen LogP contribution >= 0.6 is 11.3 Å². The minimum atomic E-state index is -1.74. The van der Waals surface area contributed by atoms with Gasteiger partial charge in [-0.25, -0.2) is 0 Å². The normalized spacial score (nSPS) is 11.5. The Kier molecular flexibility index (Phi) is 6.54. The molecule has 4 N–H and O–H groups in total. The number of anilines is 1. The summed E-state index contributed by atoms with van der Waals surface area (Å²) in [5.41, 5.74) is 3.96. The lowest BCUT2D eigenvalue weighted by atomic mass is 9.81. The van der Waals surface area contributed by atoms with E-state index in [4.69, 9.17) is 0 Å². The summed E-state index contributed by atoms with van der Waals surface area (Å²) in [6.07, 6.45) is 1.04. The third-order valence-electron chi connectivity index (χ3n) is 3.96. The van der Waals surface area contributed by atoms with Crippen molar-refractivity contribution < 1.29 is 19.6 Å². The predicted molar refractivity (Wildman–Crippen MR) is 109 cm³/mol. The number of hydrogen-bond acceptors (Lipinski definition) is 6. The number of aromatic nitrogens is 1. The van der Waals surface area contributed by atoms with Gasteiger partial charge in [-0.05, 0) is 23.3 Å². The standard InChI is InChI=1S/C19H18BN3O4S/c24-18(16(10-20(26)27)23-19(25)17-11-21-12-28-17)22-15-8-4-7-14(9-15)13-5-2-1-3-6-13/h1-9,11-12,16,26-27H,10H2,(H,22,24)(H,23,25). The van der Waals surface area contributed by atoms with E-state index in [9.17, 15) is 19.6 Å². The second-order valence-corrected chi connectivity index (χ2v) is 6.93. The van der Waals surface area contributed by atoms with Gasteiger partial charge < -0.3 is 20.7 Å². The summed E-state index contributed by atoms with van der Waals surface area (Å²) >= 11 is 1.13. The Morgan fingerprint density at radius 3 is 2.50 bits per heavy atom. The molecule has 1 unspecified atom stereocenters. The van der Waals surface area contributed by atoms with Crippen molar-refractivity contribution >= 4 is 36.0 Å². The molecule has 0 bridgehead atoms. The van der Waals surface area contributed by atoms with Crippen molar-refractivity contribution in [1.82, 2.24) is 10.3 Å². The van der Waals surface area contributed by atoms with E-state index >= 15 is 0 Å². The highest BCUT2D eigenvalue weighted by molar-refractivity contribution is 7.11. The van der Waals surface area contributed by atoms with Crippen molar-refractivity contribution in [1.29, 1.82) is 0 Å². The number of hydrogen-bond donors (Lipinski definition) is 4. The minimum Gasteiger partial charge on any atom is -0.427 e. The van der Waals surface area contributed by atoms with Crippen molar-refractivity contribution in [2.24, 2.45) is 0 Å². The van der Waals surface area contributed by atoms with Crippen LogP contribution in [0.5, 0.6) is 0 Å². The van der Waals surface area contributed by atoms with Gasteiger partial charge in [0.05, 0.1) is 11.7 Å². The molecule has 0 aliphatic carbocycles. The molecule has 0 saturated heterocycles. The third-order valence-corrected chi connectivity index (χ3v) is 4.73.